The van der Waals surface area contributed by atoms with Gasteiger partial charge in [0.25, 0.3) is 0 Å². The minimum atomic E-state index is -0.500. The van der Waals surface area contributed by atoms with Crippen molar-refractivity contribution in [3.63, 3.8) is 0 Å². The molecule has 0 aromatic carbocycles. The lowest BCUT2D eigenvalue weighted by molar-refractivity contribution is 0.102. The highest BCUT2D eigenvalue weighted by Gasteiger charge is 1.97. The van der Waals surface area contributed by atoms with Crippen LogP contribution in [0.15, 0.2) is 0 Å². The van der Waals surface area contributed by atoms with Gasteiger partial charge in [-0.05, 0) is 20.8 Å². The molecule has 0 rings (SSSR count). The van der Waals surface area contributed by atoms with E-state index in [0.29, 0.717) is 0 Å². The van der Waals surface area contributed by atoms with Gasteiger partial charge in [0.2, 0.25) is 0 Å². The summed E-state index contributed by atoms with van der Waals surface area (Å²) in [7, 11) is 0. The maximum absolute atomic E-state index is 8.52. The van der Waals surface area contributed by atoms with Crippen molar-refractivity contribution in [3.05, 3.63) is 0 Å². The highest BCUT2D eigenvalue weighted by Crippen LogP contribution is 1.93. The maximum Gasteiger partial charge on any atom is 0.0563 e. The summed E-state index contributed by atoms with van der Waals surface area (Å²) < 4.78 is 0. The van der Waals surface area contributed by atoms with Gasteiger partial charge in [0, 0.05) is 0 Å². The van der Waals surface area contributed by atoms with Gasteiger partial charge in [-0.2, -0.15) is 13.5 Å². The Morgan fingerprint density at radius 2 is 1.17 bits per heavy atom. The van der Waals surface area contributed by atoms with E-state index in [1.165, 1.54) is 0 Å². The molecule has 0 aromatic heterocycles. The van der Waals surface area contributed by atoms with E-state index >= 15 is 0 Å². The molecule has 0 saturated heterocycles. The predicted octanol–water partition coefficient (Wildman–Crippen LogP) is 0.890. The third-order valence-electron chi connectivity index (χ3n) is 0. The Hall–Kier alpha value is 0.310. The Morgan fingerprint density at radius 1 is 1.17 bits per heavy atom. The van der Waals surface area contributed by atoms with Crippen molar-refractivity contribution in [2.75, 3.05) is 0 Å². The molecule has 6 heavy (non-hydrogen) atoms. The quantitative estimate of drug-likeness (QED) is 0.488. The topological polar surface area (TPSA) is 20.2 Å². The summed E-state index contributed by atoms with van der Waals surface area (Å²) in [5, 5.41) is 8.52. The molecule has 2 heteroatoms. The molecule has 0 spiro atoms. The minimum absolute atomic E-state index is 0. The van der Waals surface area contributed by atoms with Gasteiger partial charge in [-0.1, -0.05) is 0 Å². The monoisotopic (exact) mass is 108 g/mol. The van der Waals surface area contributed by atoms with Crippen molar-refractivity contribution >= 4 is 13.5 Å². The Labute approximate surface area is 45.8 Å². The van der Waals surface area contributed by atoms with Gasteiger partial charge in [0.15, 0.2) is 0 Å². The average Bonchev–Trinajstić information content (AvgIpc) is 0.722. The molecule has 0 aliphatic heterocycles. The fraction of sp³-hybridized carbons (Fsp3) is 1.00. The van der Waals surface area contributed by atoms with Crippen LogP contribution in [0.25, 0.3) is 0 Å². The first-order valence-electron chi connectivity index (χ1n) is 1.72. The lowest BCUT2D eigenvalue weighted by Crippen LogP contribution is -2.10. The molecule has 0 bridgehead atoms. The van der Waals surface area contributed by atoms with E-state index in [1.54, 1.807) is 20.8 Å². The van der Waals surface area contributed by atoms with E-state index in [2.05, 4.69) is 0 Å². The molecule has 0 amide bonds. The summed E-state index contributed by atoms with van der Waals surface area (Å²) >= 11 is 0. The van der Waals surface area contributed by atoms with Crippen molar-refractivity contribution in [2.45, 2.75) is 26.4 Å². The van der Waals surface area contributed by atoms with E-state index in [0.717, 1.165) is 0 Å². The molecule has 0 unspecified atom stereocenters. The van der Waals surface area contributed by atoms with Crippen molar-refractivity contribution in [1.29, 1.82) is 0 Å². The minimum Gasteiger partial charge on any atom is -0.391 e. The second kappa shape index (κ2) is 2.48. The molecule has 40 valence electrons. The average molecular weight is 108 g/mol. The third kappa shape index (κ3) is 491. The Morgan fingerprint density at radius 3 is 1.17 bits per heavy atom. The lowest BCUT2D eigenvalue weighted by Gasteiger charge is -2.04. The van der Waals surface area contributed by atoms with Crippen LogP contribution in [0.4, 0.5) is 0 Å². The summed E-state index contributed by atoms with van der Waals surface area (Å²) in [5.74, 6) is 0. The molecular formula is C4H12OS. The molecule has 0 aliphatic carbocycles. The molecule has 0 heterocycles. The van der Waals surface area contributed by atoms with E-state index in [9.17, 15) is 0 Å². The van der Waals surface area contributed by atoms with Crippen molar-refractivity contribution in [2.24, 2.45) is 0 Å². The second-order valence-electron chi connectivity index (χ2n) is 2.17. The van der Waals surface area contributed by atoms with Crippen LogP contribution in [0.1, 0.15) is 20.8 Å². The normalized spacial score (nSPS) is 10.0. The summed E-state index contributed by atoms with van der Waals surface area (Å²) in [5.41, 5.74) is -0.500. The van der Waals surface area contributed by atoms with Crippen LogP contribution >= 0.6 is 13.5 Å². The Bertz CT molecular complexity index is 23.0. The smallest absolute Gasteiger partial charge is 0.0563 e. The number of rotatable bonds is 0. The van der Waals surface area contributed by atoms with Crippen molar-refractivity contribution in [1.82, 2.24) is 0 Å². The molecule has 0 aromatic rings. The first kappa shape index (κ1) is 9.58. The van der Waals surface area contributed by atoms with E-state index in [-0.39, 0.29) is 13.5 Å². The van der Waals surface area contributed by atoms with Crippen LogP contribution in [-0.4, -0.2) is 10.7 Å². The van der Waals surface area contributed by atoms with Gasteiger partial charge in [-0.25, -0.2) is 0 Å². The molecule has 0 radical (unpaired) electrons. The molecule has 1 N–H and O–H groups in total. The summed E-state index contributed by atoms with van der Waals surface area (Å²) in [6.07, 6.45) is 0. The van der Waals surface area contributed by atoms with Crippen molar-refractivity contribution in [3.8, 4) is 0 Å². The number of aliphatic hydroxyl groups is 1. The van der Waals surface area contributed by atoms with E-state index in [4.69, 9.17) is 5.11 Å². The van der Waals surface area contributed by atoms with Gasteiger partial charge in [-0.15, -0.1) is 0 Å². The van der Waals surface area contributed by atoms with Gasteiger partial charge in [-0.3, -0.25) is 0 Å². The summed E-state index contributed by atoms with van der Waals surface area (Å²) in [6, 6.07) is 0. The zero-order valence-corrected chi connectivity index (χ0v) is 5.45. The summed E-state index contributed by atoms with van der Waals surface area (Å²) in [6.45, 7) is 5.23. The molecule has 1 nitrogen and oxygen atoms in total. The first-order valence-corrected chi connectivity index (χ1v) is 1.72. The van der Waals surface area contributed by atoms with Crippen LogP contribution in [0.5, 0.6) is 0 Å². The molecule has 0 fully saturated rings. The number of hydrogen-bond donors (Lipinski definition) is 1. The largest absolute Gasteiger partial charge is 0.391 e. The molecule has 0 atom stereocenters. The number of hydrogen-bond acceptors (Lipinski definition) is 1. The van der Waals surface area contributed by atoms with Gasteiger partial charge in [0.1, 0.15) is 0 Å². The third-order valence-corrected chi connectivity index (χ3v) is 0. The van der Waals surface area contributed by atoms with E-state index in [1.807, 2.05) is 0 Å². The van der Waals surface area contributed by atoms with Gasteiger partial charge >= 0.3 is 0 Å². The lowest BCUT2D eigenvalue weighted by atomic mass is 10.2. The zero-order chi connectivity index (χ0) is 4.50. The molecular weight excluding hydrogens is 96.1 g/mol. The van der Waals surface area contributed by atoms with Gasteiger partial charge in [0.05, 0.1) is 5.60 Å². The molecule has 0 aliphatic rings. The zero-order valence-electron chi connectivity index (χ0n) is 4.45. The van der Waals surface area contributed by atoms with Crippen LogP contribution in [0.3, 0.4) is 0 Å². The van der Waals surface area contributed by atoms with Gasteiger partial charge < -0.3 is 5.11 Å². The fourth-order valence-electron chi connectivity index (χ4n) is 0. The van der Waals surface area contributed by atoms with Crippen molar-refractivity contribution < 1.29 is 5.11 Å². The fourth-order valence-corrected chi connectivity index (χ4v) is 0. The van der Waals surface area contributed by atoms with E-state index < -0.39 is 5.60 Å². The highest BCUT2D eigenvalue weighted by molar-refractivity contribution is 7.59. The van der Waals surface area contributed by atoms with Crippen LogP contribution in [0, 0.1) is 0 Å². The maximum atomic E-state index is 8.52. The van der Waals surface area contributed by atoms with Crippen LogP contribution < -0.4 is 0 Å². The summed E-state index contributed by atoms with van der Waals surface area (Å²) in [4.78, 5) is 0. The van der Waals surface area contributed by atoms with Crippen LogP contribution in [-0.2, 0) is 0 Å². The predicted molar refractivity (Wildman–Crippen MR) is 32.4 cm³/mol. The van der Waals surface area contributed by atoms with Crippen LogP contribution in [0.2, 0.25) is 0 Å². The Kier molecular flexibility index (Phi) is 3.95. The Balaban J connectivity index is 0. The molecule has 0 saturated carbocycles. The first-order chi connectivity index (χ1) is 2.00. The SMILES string of the molecule is CC(C)(C)O.S. The standard InChI is InChI=1S/C4H10O.H2S/c1-4(2,3)5;/h5H,1-3H3;1H2. The highest BCUT2D eigenvalue weighted by atomic mass is 32.1. The second-order valence-corrected chi connectivity index (χ2v) is 2.17.